The lowest BCUT2D eigenvalue weighted by molar-refractivity contribution is 0.0337. The van der Waals surface area contributed by atoms with E-state index in [4.69, 9.17) is 0 Å². The monoisotopic (exact) mass is 373 g/mol. The summed E-state index contributed by atoms with van der Waals surface area (Å²) in [4.78, 5) is 0. The lowest BCUT2D eigenvalue weighted by Crippen LogP contribution is -2.52. The van der Waals surface area contributed by atoms with Gasteiger partial charge in [-0.3, -0.25) is 0 Å². The van der Waals surface area contributed by atoms with Crippen LogP contribution in [0, 0.1) is 5.41 Å². The molecule has 0 aliphatic carbocycles. The molecule has 0 saturated carbocycles. The molecule has 0 aromatic heterocycles. The third-order valence-electron chi connectivity index (χ3n) is 5.09. The average Bonchev–Trinajstić information content (AvgIpc) is 2.72. The topological polar surface area (TPSA) is 32.3 Å². The van der Waals surface area contributed by atoms with Crippen LogP contribution < -0.4 is 5.32 Å². The highest BCUT2D eigenvalue weighted by atomic mass is 16.3. The summed E-state index contributed by atoms with van der Waals surface area (Å²) in [6.45, 7) is 7.45. The van der Waals surface area contributed by atoms with Crippen molar-refractivity contribution < 1.29 is 5.11 Å². The number of nitrogens with one attached hydrogen (secondary N) is 1. The van der Waals surface area contributed by atoms with Gasteiger partial charge in [0.05, 0.1) is 0 Å². The van der Waals surface area contributed by atoms with Crippen molar-refractivity contribution in [1.82, 2.24) is 5.32 Å². The summed E-state index contributed by atoms with van der Waals surface area (Å²) in [5.41, 5.74) is 2.00. The Morgan fingerprint density at radius 1 is 0.714 bits per heavy atom. The largest absolute Gasteiger partial charge is 0.379 e. The van der Waals surface area contributed by atoms with Crippen LogP contribution in [-0.4, -0.2) is 17.7 Å². The minimum atomic E-state index is -1.14. The van der Waals surface area contributed by atoms with Gasteiger partial charge in [-0.1, -0.05) is 112 Å². The van der Waals surface area contributed by atoms with Crippen LogP contribution in [0.25, 0.3) is 0 Å². The summed E-state index contributed by atoms with van der Waals surface area (Å²) >= 11 is 0. The van der Waals surface area contributed by atoms with E-state index in [2.05, 4.69) is 50.4 Å². The standard InChI is InChI=1S/C26H31NO/c1-25(2,3)20-27-24(19-21-13-7-4-8-14-21)26(28,22-15-9-5-10-16-22)23-17-11-6-12-18-23/h4-18,24,27-28H,19-20H2,1-3H3/t24-/m0/s1. The first kappa shape index (κ1) is 20.3. The van der Waals surface area contributed by atoms with E-state index in [1.54, 1.807) is 0 Å². The number of hydrogen-bond acceptors (Lipinski definition) is 2. The van der Waals surface area contributed by atoms with Crippen LogP contribution in [0.3, 0.4) is 0 Å². The van der Waals surface area contributed by atoms with Crippen LogP contribution in [0.5, 0.6) is 0 Å². The Hall–Kier alpha value is -2.42. The predicted octanol–water partition coefficient (Wildman–Crippen LogP) is 5.17. The van der Waals surface area contributed by atoms with Crippen LogP contribution in [0.1, 0.15) is 37.5 Å². The van der Waals surface area contributed by atoms with Gasteiger partial charge in [0, 0.05) is 12.6 Å². The Balaban J connectivity index is 2.07. The molecule has 2 nitrogen and oxygen atoms in total. The van der Waals surface area contributed by atoms with E-state index in [0.717, 1.165) is 24.1 Å². The highest BCUT2D eigenvalue weighted by Crippen LogP contribution is 2.35. The highest BCUT2D eigenvalue weighted by Gasteiger charge is 2.40. The zero-order valence-electron chi connectivity index (χ0n) is 17.1. The Kier molecular flexibility index (Phi) is 6.33. The van der Waals surface area contributed by atoms with Gasteiger partial charge in [0.1, 0.15) is 5.60 Å². The maximum Gasteiger partial charge on any atom is 0.130 e. The number of hydrogen-bond donors (Lipinski definition) is 2. The molecule has 28 heavy (non-hydrogen) atoms. The van der Waals surface area contributed by atoms with Gasteiger partial charge in [-0.2, -0.15) is 0 Å². The smallest absolute Gasteiger partial charge is 0.130 e. The molecule has 0 saturated heterocycles. The quantitative estimate of drug-likeness (QED) is 0.599. The van der Waals surface area contributed by atoms with Crippen molar-refractivity contribution in [3.05, 3.63) is 108 Å². The normalized spacial score (nSPS) is 13.3. The molecule has 3 aromatic rings. The fourth-order valence-electron chi connectivity index (χ4n) is 3.60. The molecule has 3 rings (SSSR count). The second kappa shape index (κ2) is 8.72. The van der Waals surface area contributed by atoms with Crippen molar-refractivity contribution in [2.45, 2.75) is 38.8 Å². The zero-order valence-corrected chi connectivity index (χ0v) is 17.1. The van der Waals surface area contributed by atoms with E-state index in [9.17, 15) is 5.11 Å². The second-order valence-electron chi connectivity index (χ2n) is 8.68. The fraction of sp³-hybridized carbons (Fsp3) is 0.308. The van der Waals surface area contributed by atoms with E-state index in [1.165, 1.54) is 5.56 Å². The van der Waals surface area contributed by atoms with Gasteiger partial charge < -0.3 is 10.4 Å². The molecule has 0 aliphatic rings. The van der Waals surface area contributed by atoms with Crippen molar-refractivity contribution in [1.29, 1.82) is 0 Å². The van der Waals surface area contributed by atoms with E-state index < -0.39 is 5.60 Å². The fourth-order valence-corrected chi connectivity index (χ4v) is 3.60. The third-order valence-corrected chi connectivity index (χ3v) is 5.09. The SMILES string of the molecule is CC(C)(C)CN[C@@H](Cc1ccccc1)C(O)(c1ccccc1)c1ccccc1. The molecule has 3 aromatic carbocycles. The Morgan fingerprint density at radius 3 is 1.57 bits per heavy atom. The molecule has 146 valence electrons. The van der Waals surface area contributed by atoms with Gasteiger partial charge >= 0.3 is 0 Å². The first-order valence-corrected chi connectivity index (χ1v) is 10.0. The van der Waals surface area contributed by atoms with Crippen LogP contribution >= 0.6 is 0 Å². The molecule has 2 heteroatoms. The minimum absolute atomic E-state index is 0.114. The second-order valence-corrected chi connectivity index (χ2v) is 8.68. The molecule has 0 bridgehead atoms. The molecule has 0 fully saturated rings. The van der Waals surface area contributed by atoms with Crippen molar-refractivity contribution in [3.63, 3.8) is 0 Å². The summed E-state index contributed by atoms with van der Waals surface area (Å²) in [7, 11) is 0. The molecule has 0 heterocycles. The van der Waals surface area contributed by atoms with E-state index in [1.807, 2.05) is 66.7 Å². The number of rotatable bonds is 7. The maximum atomic E-state index is 12.2. The van der Waals surface area contributed by atoms with Gasteiger partial charge in [0.25, 0.3) is 0 Å². The van der Waals surface area contributed by atoms with Crippen molar-refractivity contribution in [3.8, 4) is 0 Å². The zero-order chi connectivity index (χ0) is 20.0. The Labute approximate surface area is 169 Å². The van der Waals surface area contributed by atoms with Crippen molar-refractivity contribution in [2.24, 2.45) is 5.41 Å². The van der Waals surface area contributed by atoms with Gasteiger partial charge in [0.15, 0.2) is 0 Å². The molecular formula is C26H31NO. The molecule has 0 amide bonds. The molecule has 0 unspecified atom stereocenters. The lowest BCUT2D eigenvalue weighted by Gasteiger charge is -2.39. The summed E-state index contributed by atoms with van der Waals surface area (Å²) in [6, 6.07) is 30.2. The Morgan fingerprint density at radius 2 is 1.14 bits per heavy atom. The van der Waals surface area contributed by atoms with Crippen molar-refractivity contribution >= 4 is 0 Å². The van der Waals surface area contributed by atoms with Crippen LogP contribution in [0.15, 0.2) is 91.0 Å². The highest BCUT2D eigenvalue weighted by molar-refractivity contribution is 5.39. The van der Waals surface area contributed by atoms with Crippen molar-refractivity contribution in [2.75, 3.05) is 6.54 Å². The predicted molar refractivity (Wildman–Crippen MR) is 117 cm³/mol. The average molecular weight is 374 g/mol. The lowest BCUT2D eigenvalue weighted by atomic mass is 9.77. The van der Waals surface area contributed by atoms with Crippen LogP contribution in [0.4, 0.5) is 0 Å². The molecule has 2 N–H and O–H groups in total. The molecule has 1 atom stereocenters. The minimum Gasteiger partial charge on any atom is -0.379 e. The van der Waals surface area contributed by atoms with Crippen LogP contribution in [-0.2, 0) is 12.0 Å². The van der Waals surface area contributed by atoms with Gasteiger partial charge in [-0.05, 0) is 28.5 Å². The number of benzene rings is 3. The summed E-state index contributed by atoms with van der Waals surface area (Å²) in [5, 5.41) is 15.9. The molecule has 0 radical (unpaired) electrons. The summed E-state index contributed by atoms with van der Waals surface area (Å²) < 4.78 is 0. The van der Waals surface area contributed by atoms with E-state index >= 15 is 0 Å². The van der Waals surface area contributed by atoms with E-state index in [-0.39, 0.29) is 11.5 Å². The van der Waals surface area contributed by atoms with Gasteiger partial charge in [0.2, 0.25) is 0 Å². The molecular weight excluding hydrogens is 342 g/mol. The number of aliphatic hydroxyl groups is 1. The molecule has 0 aliphatic heterocycles. The van der Waals surface area contributed by atoms with Gasteiger partial charge in [-0.25, -0.2) is 0 Å². The summed E-state index contributed by atoms with van der Waals surface area (Å²) in [6.07, 6.45) is 0.733. The summed E-state index contributed by atoms with van der Waals surface area (Å²) in [5.74, 6) is 0. The van der Waals surface area contributed by atoms with Gasteiger partial charge in [-0.15, -0.1) is 0 Å². The van der Waals surface area contributed by atoms with E-state index in [0.29, 0.717) is 0 Å². The Bertz CT molecular complexity index is 798. The molecule has 0 spiro atoms. The maximum absolute atomic E-state index is 12.2. The third kappa shape index (κ3) is 4.89. The van der Waals surface area contributed by atoms with Crippen LogP contribution in [0.2, 0.25) is 0 Å². The first-order chi connectivity index (χ1) is 13.4. The first-order valence-electron chi connectivity index (χ1n) is 10.0.